The molecule has 120 valence electrons. The van der Waals surface area contributed by atoms with E-state index in [0.29, 0.717) is 6.54 Å². The maximum Gasteiger partial charge on any atom is 0.151 e. The van der Waals surface area contributed by atoms with Gasteiger partial charge >= 0.3 is 0 Å². The summed E-state index contributed by atoms with van der Waals surface area (Å²) in [6.07, 6.45) is 1.78. The lowest BCUT2D eigenvalue weighted by Gasteiger charge is -2.14. The number of aryl methyl sites for hydroxylation is 1. The van der Waals surface area contributed by atoms with Crippen LogP contribution in [0.5, 0.6) is 0 Å². The Morgan fingerprint density at radius 3 is 2.19 bits per heavy atom. The number of hydrogen-bond donors (Lipinski definition) is 2. The van der Waals surface area contributed by atoms with Gasteiger partial charge in [-0.1, -0.05) is 13.8 Å². The number of nitrogens with zero attached hydrogens (tertiary/aromatic N) is 2. The molecule has 6 nitrogen and oxygen atoms in total. The molecule has 0 aliphatic heterocycles. The van der Waals surface area contributed by atoms with Crippen molar-refractivity contribution in [3.05, 3.63) is 11.4 Å². The molecule has 0 saturated heterocycles. The lowest BCUT2D eigenvalue weighted by atomic mass is 10.2. The van der Waals surface area contributed by atoms with Crippen molar-refractivity contribution >= 4 is 21.5 Å². The molecule has 1 rings (SSSR count). The third kappa shape index (κ3) is 5.49. The van der Waals surface area contributed by atoms with Crippen LogP contribution in [0.4, 0.5) is 11.6 Å². The monoisotopic (exact) mass is 314 g/mol. The predicted molar refractivity (Wildman–Crippen MR) is 87.7 cm³/mol. The summed E-state index contributed by atoms with van der Waals surface area (Å²) >= 11 is 0. The Morgan fingerprint density at radius 2 is 1.67 bits per heavy atom. The normalized spacial score (nSPS) is 11.4. The van der Waals surface area contributed by atoms with E-state index < -0.39 is 9.84 Å². The molecule has 0 unspecified atom stereocenters. The maximum absolute atomic E-state index is 11.5. The van der Waals surface area contributed by atoms with Crippen LogP contribution in [0.1, 0.15) is 38.6 Å². The molecule has 2 N–H and O–H groups in total. The molecule has 1 aromatic rings. The first-order valence-electron chi connectivity index (χ1n) is 7.49. The van der Waals surface area contributed by atoms with Gasteiger partial charge in [0.05, 0.1) is 5.75 Å². The minimum Gasteiger partial charge on any atom is -0.370 e. The maximum atomic E-state index is 11.5. The first-order chi connectivity index (χ1) is 9.93. The van der Waals surface area contributed by atoms with Crippen LogP contribution in [0.3, 0.4) is 0 Å². The summed E-state index contributed by atoms with van der Waals surface area (Å²) in [5, 5.41) is 6.35. The van der Waals surface area contributed by atoms with E-state index in [1.54, 1.807) is 6.92 Å². The molecule has 0 aliphatic rings. The van der Waals surface area contributed by atoms with Gasteiger partial charge in [0.25, 0.3) is 0 Å². The molecule has 1 heterocycles. The molecule has 7 heteroatoms. The Hall–Kier alpha value is -1.37. The van der Waals surface area contributed by atoms with Gasteiger partial charge in [0.1, 0.15) is 17.5 Å². The molecule has 0 saturated carbocycles. The zero-order valence-corrected chi connectivity index (χ0v) is 14.2. The zero-order chi connectivity index (χ0) is 15.9. The van der Waals surface area contributed by atoms with Gasteiger partial charge in [-0.25, -0.2) is 18.4 Å². The molecule has 21 heavy (non-hydrogen) atoms. The van der Waals surface area contributed by atoms with Gasteiger partial charge in [0, 0.05) is 30.8 Å². The predicted octanol–water partition coefficient (Wildman–Crippen LogP) is 2.02. The molecular weight excluding hydrogens is 288 g/mol. The highest BCUT2D eigenvalue weighted by Gasteiger charge is 2.12. The molecular formula is C14H26N4O2S. The van der Waals surface area contributed by atoms with Gasteiger partial charge in [-0.05, 0) is 20.3 Å². The van der Waals surface area contributed by atoms with Crippen LogP contribution < -0.4 is 10.6 Å². The highest BCUT2D eigenvalue weighted by atomic mass is 32.2. The Bertz CT molecular complexity index is 558. The van der Waals surface area contributed by atoms with E-state index in [4.69, 9.17) is 0 Å². The summed E-state index contributed by atoms with van der Waals surface area (Å²) in [6, 6.07) is 0. The average Bonchev–Trinajstić information content (AvgIpc) is 2.44. The van der Waals surface area contributed by atoms with E-state index in [9.17, 15) is 8.42 Å². The molecule has 0 aromatic carbocycles. The highest BCUT2D eigenvalue weighted by Crippen LogP contribution is 2.20. The second-order valence-electron chi connectivity index (χ2n) is 4.91. The van der Waals surface area contributed by atoms with Crippen molar-refractivity contribution in [3.63, 3.8) is 0 Å². The van der Waals surface area contributed by atoms with Gasteiger partial charge in [-0.3, -0.25) is 0 Å². The summed E-state index contributed by atoms with van der Waals surface area (Å²) in [5.41, 5.74) is 0.922. The summed E-state index contributed by atoms with van der Waals surface area (Å²) in [5.74, 6) is 2.60. The van der Waals surface area contributed by atoms with Crippen LogP contribution in [0.25, 0.3) is 0 Å². The number of sulfone groups is 1. The SMILES string of the molecule is CCCc1nc(NCC)c(C)c(NCCS(=O)(=O)CC)n1. The summed E-state index contributed by atoms with van der Waals surface area (Å²) in [4.78, 5) is 9.00. The fraction of sp³-hybridized carbons (Fsp3) is 0.714. The van der Waals surface area contributed by atoms with E-state index in [1.807, 2.05) is 13.8 Å². The Balaban J connectivity index is 2.88. The number of aromatic nitrogens is 2. The quantitative estimate of drug-likeness (QED) is 0.725. The van der Waals surface area contributed by atoms with Gasteiger partial charge in [0.15, 0.2) is 9.84 Å². The minimum absolute atomic E-state index is 0.118. The minimum atomic E-state index is -2.96. The Kier molecular flexibility index (Phi) is 6.87. The zero-order valence-electron chi connectivity index (χ0n) is 13.4. The van der Waals surface area contributed by atoms with Crippen molar-refractivity contribution in [3.8, 4) is 0 Å². The Labute approximate surface area is 127 Å². The largest absolute Gasteiger partial charge is 0.370 e. The molecule has 1 aromatic heterocycles. The number of nitrogens with one attached hydrogen (secondary N) is 2. The molecule has 0 radical (unpaired) electrons. The van der Waals surface area contributed by atoms with E-state index in [0.717, 1.165) is 42.4 Å². The molecule has 0 bridgehead atoms. The van der Waals surface area contributed by atoms with Crippen molar-refractivity contribution < 1.29 is 8.42 Å². The second-order valence-corrected chi connectivity index (χ2v) is 7.38. The summed E-state index contributed by atoms with van der Waals surface area (Å²) < 4.78 is 23.1. The molecule has 0 fully saturated rings. The van der Waals surface area contributed by atoms with Crippen molar-refractivity contribution in [2.45, 2.75) is 40.5 Å². The van der Waals surface area contributed by atoms with Gasteiger partial charge in [-0.15, -0.1) is 0 Å². The number of anilines is 2. The van der Waals surface area contributed by atoms with Gasteiger partial charge < -0.3 is 10.6 Å². The molecule has 0 atom stereocenters. The fourth-order valence-corrected chi connectivity index (χ4v) is 2.58. The lowest BCUT2D eigenvalue weighted by Crippen LogP contribution is -2.19. The van der Waals surface area contributed by atoms with E-state index in [2.05, 4.69) is 27.5 Å². The standard InChI is InChI=1S/C14H26N4O2S/c1-5-8-12-17-13(15-6-2)11(4)14(18-12)16-9-10-21(19,20)7-3/h5-10H2,1-4H3,(H2,15,16,17,18). The Morgan fingerprint density at radius 1 is 1.05 bits per heavy atom. The first-order valence-corrected chi connectivity index (χ1v) is 9.31. The lowest BCUT2D eigenvalue weighted by molar-refractivity contribution is 0.597. The molecule has 0 spiro atoms. The van der Waals surface area contributed by atoms with Crippen LogP contribution in [-0.2, 0) is 16.3 Å². The van der Waals surface area contributed by atoms with E-state index >= 15 is 0 Å². The second kappa shape index (κ2) is 8.17. The topological polar surface area (TPSA) is 84.0 Å². The smallest absolute Gasteiger partial charge is 0.151 e. The fourth-order valence-electron chi connectivity index (χ4n) is 1.88. The van der Waals surface area contributed by atoms with Crippen LogP contribution in [0.15, 0.2) is 0 Å². The number of hydrogen-bond acceptors (Lipinski definition) is 6. The van der Waals surface area contributed by atoms with E-state index in [1.165, 1.54) is 0 Å². The third-order valence-corrected chi connectivity index (χ3v) is 4.86. The average molecular weight is 314 g/mol. The van der Waals surface area contributed by atoms with Gasteiger partial charge in [-0.2, -0.15) is 0 Å². The van der Waals surface area contributed by atoms with Crippen molar-refractivity contribution in [1.82, 2.24) is 9.97 Å². The van der Waals surface area contributed by atoms with Crippen molar-refractivity contribution in [2.24, 2.45) is 0 Å². The van der Waals surface area contributed by atoms with Crippen molar-refractivity contribution in [2.75, 3.05) is 35.2 Å². The molecule has 0 amide bonds. The number of rotatable bonds is 9. The van der Waals surface area contributed by atoms with Crippen molar-refractivity contribution in [1.29, 1.82) is 0 Å². The van der Waals surface area contributed by atoms with Crippen LogP contribution >= 0.6 is 0 Å². The summed E-state index contributed by atoms with van der Waals surface area (Å²) in [6.45, 7) is 8.84. The first kappa shape index (κ1) is 17.7. The van der Waals surface area contributed by atoms with Crippen LogP contribution in [-0.4, -0.2) is 43.0 Å². The molecule has 0 aliphatic carbocycles. The highest BCUT2D eigenvalue weighted by molar-refractivity contribution is 7.91. The summed E-state index contributed by atoms with van der Waals surface area (Å²) in [7, 11) is -2.96. The van der Waals surface area contributed by atoms with Crippen LogP contribution in [0.2, 0.25) is 0 Å². The van der Waals surface area contributed by atoms with Gasteiger partial charge in [0.2, 0.25) is 0 Å². The van der Waals surface area contributed by atoms with Crippen LogP contribution in [0, 0.1) is 6.92 Å². The van der Waals surface area contributed by atoms with E-state index in [-0.39, 0.29) is 11.5 Å². The third-order valence-electron chi connectivity index (χ3n) is 3.16.